The van der Waals surface area contributed by atoms with Gasteiger partial charge in [-0.2, -0.15) is 0 Å². The molecule has 0 amide bonds. The van der Waals surface area contributed by atoms with Crippen molar-refractivity contribution < 1.29 is 26.7 Å². The van der Waals surface area contributed by atoms with Crippen LogP contribution >= 0.6 is 0 Å². The van der Waals surface area contributed by atoms with E-state index in [0.717, 1.165) is 63.3 Å². The molecule has 0 saturated carbocycles. The van der Waals surface area contributed by atoms with E-state index in [1.807, 2.05) is 28.8 Å². The molecule has 1 aromatic heterocycles. The predicted molar refractivity (Wildman–Crippen MR) is 98.9 cm³/mol. The number of ether oxygens (including phenoxy) is 2. The Balaban J connectivity index is 0.00000261. The van der Waals surface area contributed by atoms with Crippen LogP contribution in [-0.2, 0) is 27.4 Å². The fourth-order valence-electron chi connectivity index (χ4n) is 3.25. The van der Waals surface area contributed by atoms with Gasteiger partial charge in [-0.25, -0.2) is 0 Å². The van der Waals surface area contributed by atoms with E-state index >= 15 is 0 Å². The maximum atomic E-state index is 12.1. The lowest BCUT2D eigenvalue weighted by Crippen LogP contribution is -3.00. The molecule has 1 saturated heterocycles. The number of benzene rings is 1. The predicted octanol–water partition coefficient (Wildman–Crippen LogP) is -1.40. The Morgan fingerprint density at radius 1 is 1.15 bits per heavy atom. The van der Waals surface area contributed by atoms with Gasteiger partial charge >= 0.3 is 5.97 Å². The van der Waals surface area contributed by atoms with Gasteiger partial charge in [-0.3, -0.25) is 19.7 Å². The highest BCUT2D eigenvalue weighted by atomic mass is 35.5. The van der Waals surface area contributed by atoms with Crippen LogP contribution in [0.15, 0.2) is 24.3 Å². The molecule has 1 aromatic carbocycles. The Morgan fingerprint density at radius 3 is 2.48 bits per heavy atom. The molecule has 0 spiro atoms. The Kier molecular flexibility index (Phi) is 8.34. The van der Waals surface area contributed by atoms with E-state index in [2.05, 4.69) is 11.8 Å². The normalized spacial score (nSPS) is 14.9. The van der Waals surface area contributed by atoms with Gasteiger partial charge in [0.05, 0.1) is 30.9 Å². The Labute approximate surface area is 165 Å². The van der Waals surface area contributed by atoms with Crippen LogP contribution in [0, 0.1) is 5.41 Å². The molecular weight excluding hydrogens is 368 g/mol. The molecule has 0 unspecified atom stereocenters. The smallest absolute Gasteiger partial charge is 0.326 e. The van der Waals surface area contributed by atoms with E-state index in [1.54, 1.807) is 4.57 Å². The first-order chi connectivity index (χ1) is 12.7. The molecular formula is C19H28ClN4O3-. The van der Waals surface area contributed by atoms with Crippen LogP contribution < -0.4 is 18.0 Å². The number of imidazole rings is 1. The first-order valence-corrected chi connectivity index (χ1v) is 9.39. The summed E-state index contributed by atoms with van der Waals surface area (Å²) in [4.78, 5) is 14.5. The number of rotatable bonds is 8. The third-order valence-corrected chi connectivity index (χ3v) is 4.77. The quantitative estimate of drug-likeness (QED) is 0.441. The van der Waals surface area contributed by atoms with Crippen molar-refractivity contribution in [3.05, 3.63) is 29.9 Å². The van der Waals surface area contributed by atoms with E-state index in [-0.39, 0.29) is 24.9 Å². The van der Waals surface area contributed by atoms with Crippen molar-refractivity contribution in [1.29, 1.82) is 5.41 Å². The summed E-state index contributed by atoms with van der Waals surface area (Å²) in [6, 6.07) is 7.87. The largest absolute Gasteiger partial charge is 1.00 e. The average Bonchev–Trinajstić information content (AvgIpc) is 2.93. The lowest BCUT2D eigenvalue weighted by Gasteiger charge is -2.26. The summed E-state index contributed by atoms with van der Waals surface area (Å²) >= 11 is 0. The molecule has 1 N–H and O–H groups in total. The Bertz CT molecular complexity index is 796. The zero-order chi connectivity index (χ0) is 18.4. The highest BCUT2D eigenvalue weighted by molar-refractivity contribution is 5.78. The minimum atomic E-state index is -0.284. The summed E-state index contributed by atoms with van der Waals surface area (Å²) in [5.74, 6) is -0.284. The molecule has 2 heterocycles. The van der Waals surface area contributed by atoms with Crippen molar-refractivity contribution in [3.63, 3.8) is 0 Å². The van der Waals surface area contributed by atoms with Crippen molar-refractivity contribution >= 4 is 17.0 Å². The summed E-state index contributed by atoms with van der Waals surface area (Å²) in [6.07, 6.45) is 1.86. The van der Waals surface area contributed by atoms with Gasteiger partial charge in [-0.05, 0) is 18.6 Å². The molecule has 7 nitrogen and oxygen atoms in total. The zero-order valence-corrected chi connectivity index (χ0v) is 16.6. The fraction of sp³-hybridized carbons (Fsp3) is 0.579. The van der Waals surface area contributed by atoms with E-state index in [0.29, 0.717) is 12.2 Å². The second-order valence-corrected chi connectivity index (χ2v) is 6.58. The van der Waals surface area contributed by atoms with Crippen LogP contribution in [0.3, 0.4) is 0 Å². The minimum Gasteiger partial charge on any atom is -1.00 e. The molecule has 8 heteroatoms. The minimum absolute atomic E-state index is 0. The molecule has 1 aliphatic rings. The van der Waals surface area contributed by atoms with Crippen LogP contribution in [0.2, 0.25) is 0 Å². The molecule has 150 valence electrons. The number of nitrogens with one attached hydrogen (secondary N) is 1. The van der Waals surface area contributed by atoms with Crippen LogP contribution in [0.4, 0.5) is 0 Å². The number of nitrogens with zero attached hydrogens (tertiary/aromatic N) is 3. The number of para-hydroxylation sites is 2. The van der Waals surface area contributed by atoms with Crippen LogP contribution in [0.25, 0.3) is 11.0 Å². The summed E-state index contributed by atoms with van der Waals surface area (Å²) in [6.45, 7) is 7.56. The van der Waals surface area contributed by atoms with Crippen molar-refractivity contribution in [2.45, 2.75) is 32.9 Å². The average molecular weight is 396 g/mol. The number of hydrogen-bond donors (Lipinski definition) is 1. The third kappa shape index (κ3) is 5.34. The molecule has 1 fully saturated rings. The maximum absolute atomic E-state index is 12.1. The second-order valence-electron chi connectivity index (χ2n) is 6.58. The molecule has 1 aliphatic heterocycles. The third-order valence-electron chi connectivity index (χ3n) is 4.77. The number of esters is 1. The molecule has 0 aliphatic carbocycles. The van der Waals surface area contributed by atoms with Gasteiger partial charge in [-0.1, -0.05) is 25.5 Å². The lowest BCUT2D eigenvalue weighted by atomic mass is 10.3. The number of carbonyl (C=O) groups is 1. The maximum Gasteiger partial charge on any atom is 0.326 e. The number of hydrogen-bond acceptors (Lipinski definition) is 5. The van der Waals surface area contributed by atoms with E-state index in [9.17, 15) is 4.79 Å². The number of aromatic nitrogens is 2. The zero-order valence-electron chi connectivity index (χ0n) is 15.8. The van der Waals surface area contributed by atoms with Crippen LogP contribution in [-0.4, -0.2) is 59.5 Å². The van der Waals surface area contributed by atoms with Crippen molar-refractivity contribution in [2.75, 3.05) is 39.5 Å². The molecule has 2 aromatic rings. The van der Waals surface area contributed by atoms with E-state index in [4.69, 9.17) is 14.9 Å². The van der Waals surface area contributed by atoms with Crippen molar-refractivity contribution in [2.24, 2.45) is 0 Å². The van der Waals surface area contributed by atoms with Crippen LogP contribution in [0.1, 0.15) is 19.8 Å². The molecule has 27 heavy (non-hydrogen) atoms. The summed E-state index contributed by atoms with van der Waals surface area (Å²) in [5.41, 5.74) is 2.21. The standard InChI is InChI=1S/C19H28N4O3.ClH/c1-2-3-12-26-18(24)15-23-17-7-5-4-6-16(17)22(19(23)20)9-8-21-10-13-25-14-11-21;/h4-7,20H,2-3,8-15H2,1H3;1H/p-1. The molecule has 0 bridgehead atoms. The van der Waals surface area contributed by atoms with Gasteiger partial charge in [0, 0.05) is 26.2 Å². The van der Waals surface area contributed by atoms with Gasteiger partial charge < -0.3 is 26.4 Å². The Morgan fingerprint density at radius 2 is 1.81 bits per heavy atom. The van der Waals surface area contributed by atoms with E-state index in [1.165, 1.54) is 0 Å². The molecule has 3 rings (SSSR count). The summed E-state index contributed by atoms with van der Waals surface area (Å²) < 4.78 is 14.4. The highest BCUT2D eigenvalue weighted by Gasteiger charge is 2.16. The summed E-state index contributed by atoms with van der Waals surface area (Å²) in [7, 11) is 0. The number of halogens is 1. The summed E-state index contributed by atoms with van der Waals surface area (Å²) in [5, 5.41) is 8.57. The second kappa shape index (κ2) is 10.5. The number of carbonyl (C=O) groups excluding carboxylic acids is 1. The van der Waals surface area contributed by atoms with E-state index < -0.39 is 0 Å². The van der Waals surface area contributed by atoms with Gasteiger partial charge in [0.1, 0.15) is 6.54 Å². The van der Waals surface area contributed by atoms with Gasteiger partial charge in [0.25, 0.3) is 0 Å². The number of fused-ring (bicyclic) bond motifs is 1. The monoisotopic (exact) mass is 395 g/mol. The molecule has 0 atom stereocenters. The van der Waals surface area contributed by atoms with Crippen molar-refractivity contribution in [1.82, 2.24) is 14.0 Å². The highest BCUT2D eigenvalue weighted by Crippen LogP contribution is 2.13. The first-order valence-electron chi connectivity index (χ1n) is 9.39. The topological polar surface area (TPSA) is 72.5 Å². The SMILES string of the molecule is CCCCOC(=O)Cn1c(=N)n(CCN2CCOCC2)c2ccccc21.[Cl-]. The van der Waals surface area contributed by atoms with Gasteiger partial charge in [0.2, 0.25) is 5.62 Å². The van der Waals surface area contributed by atoms with Crippen LogP contribution in [0.5, 0.6) is 0 Å². The van der Waals surface area contributed by atoms with Gasteiger partial charge in [-0.15, -0.1) is 0 Å². The first kappa shape index (κ1) is 21.5. The number of morpholine rings is 1. The van der Waals surface area contributed by atoms with Gasteiger partial charge in [0.15, 0.2) is 0 Å². The molecule has 0 radical (unpaired) electrons. The lowest BCUT2D eigenvalue weighted by molar-refractivity contribution is -0.144. The number of unbranched alkanes of at least 4 members (excludes halogenated alkanes) is 1. The fourth-order valence-corrected chi connectivity index (χ4v) is 3.25. The Hall–Kier alpha value is -1.83. The van der Waals surface area contributed by atoms with Crippen molar-refractivity contribution in [3.8, 4) is 0 Å².